The maximum atomic E-state index is 6.09. The summed E-state index contributed by atoms with van der Waals surface area (Å²) in [6, 6.07) is 34.0. The smallest absolute Gasteiger partial charge is 0.423 e. The van der Waals surface area contributed by atoms with Gasteiger partial charge in [-0.1, -0.05) is 54.6 Å². The van der Waals surface area contributed by atoms with Crippen LogP contribution in [0.1, 0.15) is 0 Å². The van der Waals surface area contributed by atoms with Gasteiger partial charge in [0.1, 0.15) is 11.2 Å². The highest BCUT2D eigenvalue weighted by Crippen LogP contribution is 2.51. The zero-order chi connectivity index (χ0) is 21.5. The predicted octanol–water partition coefficient (Wildman–Crippen LogP) is 6.84. The molecule has 0 spiro atoms. The number of hydrogen-bond donors (Lipinski definition) is 0. The van der Waals surface area contributed by atoms with Crippen LogP contribution in [-0.2, 0) is 0 Å². The van der Waals surface area contributed by atoms with Crippen LogP contribution in [0.4, 0.5) is 22.9 Å². The number of nitrogens with zero attached hydrogens (tertiary/aromatic N) is 2. The maximum absolute atomic E-state index is 6.09. The molecule has 154 valence electrons. The summed E-state index contributed by atoms with van der Waals surface area (Å²) in [4.78, 5) is 4.74. The molecule has 0 saturated carbocycles. The van der Waals surface area contributed by atoms with Crippen LogP contribution in [0.2, 0.25) is 0 Å². The van der Waals surface area contributed by atoms with Gasteiger partial charge in [-0.3, -0.25) is 0 Å². The van der Waals surface area contributed by atoms with E-state index in [0.29, 0.717) is 0 Å². The minimum atomic E-state index is -0.0344. The average Bonchev–Trinajstić information content (AvgIpc) is 3.57. The first-order valence-corrected chi connectivity index (χ1v) is 11.1. The first-order valence-electron chi connectivity index (χ1n) is 11.1. The lowest BCUT2D eigenvalue weighted by molar-refractivity contribution is 0.577. The highest BCUT2D eigenvalue weighted by molar-refractivity contribution is 6.86. The zero-order valence-electron chi connectivity index (χ0n) is 17.6. The summed E-state index contributed by atoms with van der Waals surface area (Å²) in [7, 11) is 0. The van der Waals surface area contributed by atoms with E-state index in [0.717, 1.165) is 50.4 Å². The van der Waals surface area contributed by atoms with Crippen LogP contribution < -0.4 is 15.1 Å². The Kier molecular flexibility index (Phi) is 3.19. The van der Waals surface area contributed by atoms with Gasteiger partial charge < -0.3 is 18.5 Å². The molecule has 0 radical (unpaired) electrons. The maximum Gasteiger partial charge on any atom is 0.423 e. The van der Waals surface area contributed by atoms with Crippen molar-refractivity contribution >= 4 is 57.3 Å². The molecule has 0 amide bonds. The fourth-order valence-corrected chi connectivity index (χ4v) is 5.55. The molecule has 0 N–H and O–H groups in total. The first-order chi connectivity index (χ1) is 16.4. The van der Waals surface area contributed by atoms with Crippen molar-refractivity contribution < 1.29 is 8.83 Å². The molecule has 8 rings (SSSR count). The normalized spacial score (nSPS) is 13.9. The lowest BCUT2D eigenvalue weighted by atomic mass is 9.60. The van der Waals surface area contributed by atoms with Crippen LogP contribution in [0.15, 0.2) is 112 Å². The van der Waals surface area contributed by atoms with Crippen LogP contribution >= 0.6 is 0 Å². The molecule has 6 aromatic rings. The molecule has 4 heterocycles. The van der Waals surface area contributed by atoms with Gasteiger partial charge >= 0.3 is 6.98 Å². The molecule has 0 unspecified atom stereocenters. The molecule has 0 bridgehead atoms. The van der Waals surface area contributed by atoms with Gasteiger partial charge in [0.15, 0.2) is 5.88 Å². The summed E-state index contributed by atoms with van der Waals surface area (Å²) in [5.74, 6) is 0.892. The predicted molar refractivity (Wildman–Crippen MR) is 134 cm³/mol. The van der Waals surface area contributed by atoms with Crippen LogP contribution in [-0.4, -0.2) is 6.98 Å². The van der Waals surface area contributed by atoms with Crippen molar-refractivity contribution in [3.05, 3.63) is 103 Å². The van der Waals surface area contributed by atoms with Crippen LogP contribution in [0.3, 0.4) is 0 Å². The minimum Gasteiger partial charge on any atom is -0.456 e. The van der Waals surface area contributed by atoms with E-state index in [1.165, 1.54) is 11.0 Å². The number of anilines is 4. The standard InChI is InChI=1S/C28H17BN2O2/c1-3-9-23-19(7-1)21-15-16-32-28(21)31-25-11-5-4-10-24(25)30(29(23)31)18-13-14-27-22(17-18)20-8-2-6-12-26(20)33-27/h1-17H. The van der Waals surface area contributed by atoms with Crippen LogP contribution in [0.5, 0.6) is 0 Å². The molecule has 33 heavy (non-hydrogen) atoms. The lowest BCUT2D eigenvalue weighted by Gasteiger charge is -2.33. The largest absolute Gasteiger partial charge is 0.456 e. The van der Waals surface area contributed by atoms with E-state index in [-0.39, 0.29) is 6.98 Å². The van der Waals surface area contributed by atoms with Gasteiger partial charge in [0, 0.05) is 22.0 Å². The van der Waals surface area contributed by atoms with E-state index < -0.39 is 0 Å². The molecule has 0 fully saturated rings. The molecule has 4 aromatic carbocycles. The van der Waals surface area contributed by atoms with Crippen molar-refractivity contribution in [3.63, 3.8) is 0 Å². The van der Waals surface area contributed by atoms with Gasteiger partial charge in [0.25, 0.3) is 0 Å². The second-order valence-corrected chi connectivity index (χ2v) is 8.61. The summed E-state index contributed by atoms with van der Waals surface area (Å²) in [5.41, 5.74) is 8.86. The number of para-hydroxylation sites is 3. The molecule has 2 aliphatic heterocycles. The monoisotopic (exact) mass is 424 g/mol. The van der Waals surface area contributed by atoms with Gasteiger partial charge in [-0.15, -0.1) is 0 Å². The third-order valence-corrected chi connectivity index (χ3v) is 6.92. The molecule has 2 aromatic heterocycles. The Balaban J connectivity index is 1.42. The third-order valence-electron chi connectivity index (χ3n) is 6.92. The molecule has 0 aliphatic carbocycles. The lowest BCUT2D eigenvalue weighted by Crippen LogP contribution is -2.55. The van der Waals surface area contributed by atoms with Crippen molar-refractivity contribution in [1.29, 1.82) is 0 Å². The number of hydrogen-bond acceptors (Lipinski definition) is 4. The van der Waals surface area contributed by atoms with E-state index >= 15 is 0 Å². The summed E-state index contributed by atoms with van der Waals surface area (Å²) >= 11 is 0. The molecular weight excluding hydrogens is 407 g/mol. The Labute approximate surface area is 190 Å². The Morgan fingerprint density at radius 1 is 0.606 bits per heavy atom. The Hall–Kier alpha value is -4.38. The van der Waals surface area contributed by atoms with Crippen molar-refractivity contribution in [1.82, 2.24) is 0 Å². The second-order valence-electron chi connectivity index (χ2n) is 8.61. The average molecular weight is 424 g/mol. The molecule has 4 nitrogen and oxygen atoms in total. The summed E-state index contributed by atoms with van der Waals surface area (Å²) < 4.78 is 12.2. The fourth-order valence-electron chi connectivity index (χ4n) is 5.55. The number of furan rings is 2. The SMILES string of the molecule is c1ccc2c(c1)B1N(c3ccc4oc5ccccc5c4c3)c3ccccc3N1c1occc1-2. The van der Waals surface area contributed by atoms with Gasteiger partial charge in [-0.25, -0.2) is 0 Å². The molecule has 0 saturated heterocycles. The molecular formula is C28H17BN2O2. The van der Waals surface area contributed by atoms with Crippen LogP contribution in [0.25, 0.3) is 33.1 Å². The van der Waals surface area contributed by atoms with Crippen LogP contribution in [0, 0.1) is 0 Å². The Morgan fingerprint density at radius 2 is 1.36 bits per heavy atom. The van der Waals surface area contributed by atoms with Crippen molar-refractivity contribution in [3.8, 4) is 11.1 Å². The van der Waals surface area contributed by atoms with E-state index in [4.69, 9.17) is 8.83 Å². The van der Waals surface area contributed by atoms with Gasteiger partial charge in [0.05, 0.1) is 17.6 Å². The number of fused-ring (bicyclic) bond motifs is 11. The van der Waals surface area contributed by atoms with E-state index in [9.17, 15) is 0 Å². The molecule has 0 atom stereocenters. The number of benzene rings is 4. The Morgan fingerprint density at radius 3 is 2.30 bits per heavy atom. The van der Waals surface area contributed by atoms with E-state index in [1.54, 1.807) is 6.26 Å². The van der Waals surface area contributed by atoms with Gasteiger partial charge in [0.2, 0.25) is 0 Å². The molecule has 2 aliphatic rings. The van der Waals surface area contributed by atoms with Crippen molar-refractivity contribution in [2.24, 2.45) is 0 Å². The van der Waals surface area contributed by atoms with Gasteiger partial charge in [-0.05, 0) is 53.5 Å². The number of rotatable bonds is 1. The molecule has 5 heteroatoms. The fraction of sp³-hybridized carbons (Fsp3) is 0. The van der Waals surface area contributed by atoms with Gasteiger partial charge in [-0.2, -0.15) is 0 Å². The quantitative estimate of drug-likeness (QED) is 0.271. The van der Waals surface area contributed by atoms with E-state index in [2.05, 4.69) is 94.6 Å². The zero-order valence-corrected chi connectivity index (χ0v) is 17.6. The highest BCUT2D eigenvalue weighted by Gasteiger charge is 2.49. The summed E-state index contributed by atoms with van der Waals surface area (Å²) in [6.07, 6.45) is 1.79. The third kappa shape index (κ3) is 2.16. The topological polar surface area (TPSA) is 32.8 Å². The Bertz CT molecular complexity index is 1720. The summed E-state index contributed by atoms with van der Waals surface area (Å²) in [6.45, 7) is -0.0344. The summed E-state index contributed by atoms with van der Waals surface area (Å²) in [5, 5.41) is 2.26. The second kappa shape index (κ2) is 6.11. The highest BCUT2D eigenvalue weighted by atomic mass is 16.3. The first kappa shape index (κ1) is 17.2. The van der Waals surface area contributed by atoms with Crippen molar-refractivity contribution in [2.45, 2.75) is 0 Å². The minimum absolute atomic E-state index is 0.0344. The van der Waals surface area contributed by atoms with E-state index in [1.807, 2.05) is 12.1 Å². The van der Waals surface area contributed by atoms with Crippen molar-refractivity contribution in [2.75, 3.05) is 9.62 Å².